The zero-order valence-electron chi connectivity index (χ0n) is 22.3. The topological polar surface area (TPSA) is 118 Å². The van der Waals surface area contributed by atoms with E-state index in [1.54, 1.807) is 26.1 Å². The molecule has 3 amide bonds. The van der Waals surface area contributed by atoms with Crippen molar-refractivity contribution < 1.29 is 14.4 Å². The number of rotatable bonds is 10. The first kappa shape index (κ1) is 29.0. The van der Waals surface area contributed by atoms with E-state index in [4.69, 9.17) is 0 Å². The maximum Gasteiger partial charge on any atom is 0.265 e. The van der Waals surface area contributed by atoms with Gasteiger partial charge in [-0.25, -0.2) is 0 Å². The highest BCUT2D eigenvalue weighted by Crippen LogP contribution is 2.35. The van der Waals surface area contributed by atoms with Crippen molar-refractivity contribution in [2.75, 3.05) is 43.9 Å². The number of likely N-dealkylation sites (N-methyl/N-ethyl adjacent to an activating group) is 1. The summed E-state index contributed by atoms with van der Waals surface area (Å²) in [6, 6.07) is 8.75. The third kappa shape index (κ3) is 7.97. The van der Waals surface area contributed by atoms with Crippen LogP contribution in [0.25, 0.3) is 0 Å². The summed E-state index contributed by atoms with van der Waals surface area (Å²) in [4.78, 5) is 42.5. The lowest BCUT2D eigenvalue weighted by molar-refractivity contribution is -0.125. The zero-order chi connectivity index (χ0) is 27.7. The number of anilines is 2. The molecule has 2 heterocycles. The smallest absolute Gasteiger partial charge is 0.265 e. The fourth-order valence-corrected chi connectivity index (χ4v) is 5.48. The molecule has 0 aromatic heterocycles. The van der Waals surface area contributed by atoms with Gasteiger partial charge in [0.15, 0.2) is 0 Å². The van der Waals surface area contributed by atoms with Crippen LogP contribution in [0.5, 0.6) is 0 Å². The summed E-state index contributed by atoms with van der Waals surface area (Å²) in [6.07, 6.45) is 6.21. The van der Waals surface area contributed by atoms with Gasteiger partial charge in [-0.1, -0.05) is 23.9 Å². The van der Waals surface area contributed by atoms with Gasteiger partial charge in [-0.3, -0.25) is 14.4 Å². The van der Waals surface area contributed by atoms with E-state index in [0.29, 0.717) is 28.5 Å². The molecule has 0 saturated carbocycles. The summed E-state index contributed by atoms with van der Waals surface area (Å²) in [5, 5.41) is 18.9. The first-order chi connectivity index (χ1) is 18.2. The Morgan fingerprint density at radius 3 is 2.74 bits per heavy atom. The van der Waals surface area contributed by atoms with Crippen molar-refractivity contribution in [3.63, 3.8) is 0 Å². The molecule has 2 unspecified atom stereocenters. The number of hydrogen-bond donors (Lipinski definition) is 3. The van der Waals surface area contributed by atoms with Crippen LogP contribution in [0.2, 0.25) is 0 Å². The Labute approximate surface area is 229 Å². The molecule has 0 radical (unpaired) electrons. The predicted octanol–water partition coefficient (Wildman–Crippen LogP) is 3.47. The lowest BCUT2D eigenvalue weighted by Crippen LogP contribution is -2.40. The van der Waals surface area contributed by atoms with E-state index in [0.717, 1.165) is 37.1 Å². The van der Waals surface area contributed by atoms with Crippen LogP contribution in [0.1, 0.15) is 33.1 Å². The Balaban J connectivity index is 1.67. The minimum Gasteiger partial charge on any atom is -0.379 e. The predicted molar refractivity (Wildman–Crippen MR) is 152 cm³/mol. The van der Waals surface area contributed by atoms with Crippen LogP contribution in [0.3, 0.4) is 0 Å². The van der Waals surface area contributed by atoms with E-state index >= 15 is 0 Å². The largest absolute Gasteiger partial charge is 0.379 e. The Hall–Kier alpha value is -3.55. The second-order valence-corrected chi connectivity index (χ2v) is 10.6. The highest BCUT2D eigenvalue weighted by Gasteiger charge is 2.31. The van der Waals surface area contributed by atoms with Crippen molar-refractivity contribution in [2.24, 2.45) is 0 Å². The van der Waals surface area contributed by atoms with E-state index in [1.165, 1.54) is 17.7 Å². The van der Waals surface area contributed by atoms with Crippen LogP contribution in [0, 0.1) is 11.3 Å². The lowest BCUT2D eigenvalue weighted by Gasteiger charge is -2.27. The molecule has 0 aliphatic carbocycles. The maximum atomic E-state index is 12.8. The molecule has 9 nitrogen and oxygen atoms in total. The Morgan fingerprint density at radius 2 is 2.05 bits per heavy atom. The van der Waals surface area contributed by atoms with Crippen LogP contribution < -0.4 is 16.0 Å². The molecule has 2 saturated heterocycles. The second-order valence-electron chi connectivity index (χ2n) is 9.51. The average Bonchev–Trinajstić information content (AvgIpc) is 3.40. The number of hydrogen-bond acceptors (Lipinski definition) is 7. The number of nitrogens with one attached hydrogen (secondary N) is 3. The quantitative estimate of drug-likeness (QED) is 0.238. The van der Waals surface area contributed by atoms with Crippen LogP contribution >= 0.6 is 11.8 Å². The van der Waals surface area contributed by atoms with Crippen LogP contribution in [-0.2, 0) is 14.4 Å². The molecule has 2 aliphatic rings. The van der Waals surface area contributed by atoms with Crippen LogP contribution in [0.15, 0.2) is 58.4 Å². The Kier molecular flexibility index (Phi) is 10.6. The molecule has 202 valence electrons. The molecule has 0 spiro atoms. The maximum absolute atomic E-state index is 12.8. The monoisotopic (exact) mass is 536 g/mol. The fourth-order valence-electron chi connectivity index (χ4n) is 4.35. The number of likely N-dealkylation sites (tertiary alicyclic amines) is 1. The molecule has 3 N–H and O–H groups in total. The number of nitrogens with zero attached hydrogens (tertiary/aromatic N) is 3. The van der Waals surface area contributed by atoms with Gasteiger partial charge in [0.05, 0.1) is 10.9 Å². The third-order valence-electron chi connectivity index (χ3n) is 6.30. The van der Waals surface area contributed by atoms with E-state index in [2.05, 4.69) is 27.4 Å². The summed E-state index contributed by atoms with van der Waals surface area (Å²) in [6.45, 7) is 10.5. The van der Waals surface area contributed by atoms with Crippen molar-refractivity contribution in [1.29, 1.82) is 5.26 Å². The summed E-state index contributed by atoms with van der Waals surface area (Å²) in [5.74, 6) is -0.694. The zero-order valence-corrected chi connectivity index (χ0v) is 23.1. The van der Waals surface area contributed by atoms with Crippen LogP contribution in [-0.4, -0.2) is 72.8 Å². The first-order valence-corrected chi connectivity index (χ1v) is 13.6. The lowest BCUT2D eigenvalue weighted by atomic mass is 10.1. The van der Waals surface area contributed by atoms with Crippen molar-refractivity contribution >= 4 is 40.9 Å². The van der Waals surface area contributed by atoms with E-state index < -0.39 is 11.9 Å². The van der Waals surface area contributed by atoms with Gasteiger partial charge < -0.3 is 25.8 Å². The first-order valence-electron chi connectivity index (χ1n) is 12.8. The third-order valence-corrected chi connectivity index (χ3v) is 7.62. The van der Waals surface area contributed by atoms with Crippen molar-refractivity contribution in [1.82, 2.24) is 15.1 Å². The van der Waals surface area contributed by atoms with E-state index in [1.807, 2.05) is 37.3 Å². The normalized spacial score (nSPS) is 20.7. The molecule has 38 heavy (non-hydrogen) atoms. The number of carbonyl (C=O) groups is 3. The molecule has 10 heteroatoms. The number of carbonyl (C=O) groups excluding carboxylic acids is 3. The fraction of sp³-hybridized carbons (Fsp3) is 0.429. The van der Waals surface area contributed by atoms with Gasteiger partial charge in [-0.2, -0.15) is 5.26 Å². The number of thioether (sulfide) groups is 1. The molecule has 0 bridgehead atoms. The molecule has 2 atom stereocenters. The highest BCUT2D eigenvalue weighted by atomic mass is 32.2. The molecule has 2 fully saturated rings. The number of nitriles is 1. The Bertz CT molecular complexity index is 1170. The van der Waals surface area contributed by atoms with E-state index in [9.17, 15) is 19.6 Å². The minimum absolute atomic E-state index is 0.00605. The highest BCUT2D eigenvalue weighted by molar-refractivity contribution is 8.07. The standard InChI is InChI=1S/C28H36N6O3S/c1-5-12-33(4)28(37)23(18-29)26-20(3)31-27(36)24(38-26)16-19(2)30-21-9-8-10-22(17-21)32-25(35)11-15-34-13-6-7-14-34/h5,8-10,16-17,19-20,30H,1,6-7,11-15H2,2-4H3,(H,31,36)(H,32,35)/b24-16?,26-23-. The SMILES string of the molecule is C=CCN(C)C(=O)/C(C#N)=C1\SC(=CC(C)Nc2cccc(NC(=O)CCN3CCCC3)c2)C(=O)NC1C. The molecular formula is C28H36N6O3S. The molecule has 2 aliphatic heterocycles. The van der Waals surface area contributed by atoms with Gasteiger partial charge in [0, 0.05) is 48.9 Å². The number of amides is 3. The van der Waals surface area contributed by atoms with Gasteiger partial charge in [-0.15, -0.1) is 6.58 Å². The molecular weight excluding hydrogens is 500 g/mol. The van der Waals surface area contributed by atoms with Gasteiger partial charge in [0.2, 0.25) is 5.91 Å². The van der Waals surface area contributed by atoms with Gasteiger partial charge in [-0.05, 0) is 64.1 Å². The van der Waals surface area contributed by atoms with E-state index in [-0.39, 0.29) is 23.4 Å². The van der Waals surface area contributed by atoms with Crippen LogP contribution in [0.4, 0.5) is 11.4 Å². The summed E-state index contributed by atoms with van der Waals surface area (Å²) >= 11 is 1.14. The summed E-state index contributed by atoms with van der Waals surface area (Å²) in [5.41, 5.74) is 1.49. The van der Waals surface area contributed by atoms with Gasteiger partial charge >= 0.3 is 0 Å². The summed E-state index contributed by atoms with van der Waals surface area (Å²) in [7, 11) is 1.60. The molecule has 1 aromatic rings. The minimum atomic E-state index is -0.464. The average molecular weight is 537 g/mol. The number of benzene rings is 1. The van der Waals surface area contributed by atoms with Crippen molar-refractivity contribution in [2.45, 2.75) is 45.2 Å². The van der Waals surface area contributed by atoms with Crippen molar-refractivity contribution in [3.8, 4) is 6.07 Å². The molecule has 1 aromatic carbocycles. The summed E-state index contributed by atoms with van der Waals surface area (Å²) < 4.78 is 0. The van der Waals surface area contributed by atoms with Gasteiger partial charge in [0.25, 0.3) is 11.8 Å². The van der Waals surface area contributed by atoms with Crippen molar-refractivity contribution in [3.05, 3.63) is 58.4 Å². The molecule has 3 rings (SSSR count). The second kappa shape index (κ2) is 13.8. The van der Waals surface area contributed by atoms with Gasteiger partial charge in [0.1, 0.15) is 11.6 Å². The Morgan fingerprint density at radius 1 is 1.34 bits per heavy atom.